The molecule has 1 aliphatic heterocycles. The molecular formula is C11H17N3O4S. The number of hydrogen-bond acceptors (Lipinski definition) is 5. The molecule has 8 heteroatoms. The maximum atomic E-state index is 11.4. The number of rotatable bonds is 5. The third-order valence-electron chi connectivity index (χ3n) is 2.34. The van der Waals surface area contributed by atoms with E-state index in [1.807, 2.05) is 13.8 Å². The average molecular weight is 287 g/mol. The molecule has 1 rings (SSSR count). The van der Waals surface area contributed by atoms with Crippen molar-refractivity contribution >= 4 is 34.7 Å². The third kappa shape index (κ3) is 4.90. The van der Waals surface area contributed by atoms with E-state index in [-0.39, 0.29) is 35.9 Å². The molecule has 1 fully saturated rings. The molecule has 1 heterocycles. The summed E-state index contributed by atoms with van der Waals surface area (Å²) in [5, 5.41) is 4.53. The van der Waals surface area contributed by atoms with Crippen LogP contribution in [0.15, 0.2) is 0 Å². The van der Waals surface area contributed by atoms with Gasteiger partial charge in [0.15, 0.2) is 0 Å². The van der Waals surface area contributed by atoms with Crippen molar-refractivity contribution in [2.45, 2.75) is 13.8 Å². The normalized spacial score (nSPS) is 15.0. The summed E-state index contributed by atoms with van der Waals surface area (Å²) in [6, 6.07) is 0. The predicted molar refractivity (Wildman–Crippen MR) is 70.4 cm³/mol. The maximum absolute atomic E-state index is 11.4. The molecule has 0 saturated carbocycles. The highest BCUT2D eigenvalue weighted by Crippen LogP contribution is 2.17. The molecule has 0 bridgehead atoms. The highest BCUT2D eigenvalue weighted by molar-refractivity contribution is 8.14. The molecule has 106 valence electrons. The molecule has 0 spiro atoms. The van der Waals surface area contributed by atoms with E-state index in [0.29, 0.717) is 6.54 Å². The first-order valence-corrected chi connectivity index (χ1v) is 6.93. The fourth-order valence-electron chi connectivity index (χ4n) is 1.34. The van der Waals surface area contributed by atoms with E-state index in [1.54, 1.807) is 0 Å². The second-order valence-corrected chi connectivity index (χ2v) is 5.39. The molecule has 1 saturated heterocycles. The molecule has 0 aromatic carbocycles. The molecule has 0 atom stereocenters. The van der Waals surface area contributed by atoms with Crippen LogP contribution in [-0.2, 0) is 14.4 Å². The largest absolute Gasteiger partial charge is 0.348 e. The molecule has 0 aromatic rings. The third-order valence-corrected chi connectivity index (χ3v) is 3.20. The Bertz CT molecular complexity index is 381. The molecule has 7 nitrogen and oxygen atoms in total. The van der Waals surface area contributed by atoms with Gasteiger partial charge in [0.1, 0.15) is 0 Å². The van der Waals surface area contributed by atoms with Crippen molar-refractivity contribution in [1.82, 2.24) is 15.5 Å². The van der Waals surface area contributed by atoms with E-state index in [9.17, 15) is 19.2 Å². The average Bonchev–Trinajstić information content (AvgIpc) is 2.67. The highest BCUT2D eigenvalue weighted by atomic mass is 32.2. The van der Waals surface area contributed by atoms with Crippen LogP contribution in [0.3, 0.4) is 0 Å². The molecule has 0 aromatic heterocycles. The number of nitrogens with one attached hydrogen (secondary N) is 2. The van der Waals surface area contributed by atoms with Crippen molar-refractivity contribution in [1.29, 1.82) is 0 Å². The number of carbonyl (C=O) groups is 4. The fraction of sp³-hybridized carbons (Fsp3) is 0.636. The number of nitrogens with zero attached hydrogens (tertiary/aromatic N) is 1. The van der Waals surface area contributed by atoms with Crippen LogP contribution in [0.4, 0.5) is 4.79 Å². The van der Waals surface area contributed by atoms with E-state index < -0.39 is 11.8 Å². The molecule has 4 amide bonds. The summed E-state index contributed by atoms with van der Waals surface area (Å²) in [6.07, 6.45) is 0. The van der Waals surface area contributed by atoms with E-state index in [0.717, 1.165) is 16.7 Å². The SMILES string of the molecule is CC(C)CNC(=O)C(=O)NCCN1C(=O)CSC1=O. The van der Waals surface area contributed by atoms with Crippen molar-refractivity contribution in [3.63, 3.8) is 0 Å². The topological polar surface area (TPSA) is 95.6 Å². The smallest absolute Gasteiger partial charge is 0.309 e. The summed E-state index contributed by atoms with van der Waals surface area (Å²) in [6.45, 7) is 4.42. The summed E-state index contributed by atoms with van der Waals surface area (Å²) >= 11 is 0.935. The van der Waals surface area contributed by atoms with Crippen LogP contribution in [0, 0.1) is 5.92 Å². The second-order valence-electron chi connectivity index (χ2n) is 4.46. The van der Waals surface area contributed by atoms with Crippen molar-refractivity contribution < 1.29 is 19.2 Å². The second kappa shape index (κ2) is 7.13. The zero-order valence-electron chi connectivity index (χ0n) is 10.9. The summed E-state index contributed by atoms with van der Waals surface area (Å²) in [4.78, 5) is 46.3. The highest BCUT2D eigenvalue weighted by Gasteiger charge is 2.29. The van der Waals surface area contributed by atoms with E-state index in [1.165, 1.54) is 0 Å². The van der Waals surface area contributed by atoms with E-state index in [2.05, 4.69) is 10.6 Å². The Kier molecular flexibility index (Phi) is 5.81. The van der Waals surface area contributed by atoms with Crippen molar-refractivity contribution in [2.24, 2.45) is 5.92 Å². The fourth-order valence-corrected chi connectivity index (χ4v) is 2.09. The lowest BCUT2D eigenvalue weighted by atomic mass is 10.2. The lowest BCUT2D eigenvalue weighted by Gasteiger charge is -2.13. The molecule has 0 radical (unpaired) electrons. The standard InChI is InChI=1S/C11H17N3O4S/c1-7(2)5-13-10(17)9(16)12-3-4-14-8(15)6-19-11(14)18/h7H,3-6H2,1-2H3,(H,12,16)(H,13,17). The van der Waals surface area contributed by atoms with Gasteiger partial charge in [0, 0.05) is 19.6 Å². The Labute approximate surface area is 115 Å². The van der Waals surface area contributed by atoms with Crippen molar-refractivity contribution in [2.75, 3.05) is 25.4 Å². The van der Waals surface area contributed by atoms with Gasteiger partial charge < -0.3 is 10.6 Å². The zero-order valence-corrected chi connectivity index (χ0v) is 11.7. The lowest BCUT2D eigenvalue weighted by Crippen LogP contribution is -2.44. The summed E-state index contributed by atoms with van der Waals surface area (Å²) < 4.78 is 0. The van der Waals surface area contributed by atoms with Crippen LogP contribution in [0.2, 0.25) is 0 Å². The van der Waals surface area contributed by atoms with Gasteiger partial charge in [0.2, 0.25) is 5.91 Å². The summed E-state index contributed by atoms with van der Waals surface area (Å²) in [5.41, 5.74) is 0. The van der Waals surface area contributed by atoms with Gasteiger partial charge in [-0.3, -0.25) is 24.1 Å². The predicted octanol–water partition coefficient (Wildman–Crippen LogP) is -0.430. The number of imide groups is 1. The van der Waals surface area contributed by atoms with Gasteiger partial charge in [0.05, 0.1) is 5.75 Å². The molecule has 2 N–H and O–H groups in total. The van der Waals surface area contributed by atoms with Gasteiger partial charge in [-0.15, -0.1) is 0 Å². The van der Waals surface area contributed by atoms with Crippen LogP contribution in [0.1, 0.15) is 13.8 Å². The van der Waals surface area contributed by atoms with E-state index in [4.69, 9.17) is 0 Å². The quantitative estimate of drug-likeness (QED) is 0.669. The monoisotopic (exact) mass is 287 g/mol. The Balaban J connectivity index is 2.25. The molecule has 0 aliphatic carbocycles. The number of hydrogen-bond donors (Lipinski definition) is 2. The van der Waals surface area contributed by atoms with E-state index >= 15 is 0 Å². The zero-order chi connectivity index (χ0) is 14.4. The minimum Gasteiger partial charge on any atom is -0.348 e. The van der Waals surface area contributed by atoms with Gasteiger partial charge in [0.25, 0.3) is 5.24 Å². The molecule has 19 heavy (non-hydrogen) atoms. The van der Waals surface area contributed by atoms with Crippen LogP contribution in [0.5, 0.6) is 0 Å². The minimum absolute atomic E-state index is 0.0754. The van der Waals surface area contributed by atoms with Crippen molar-refractivity contribution in [3.8, 4) is 0 Å². The Morgan fingerprint density at radius 3 is 2.42 bits per heavy atom. The van der Waals surface area contributed by atoms with Crippen LogP contribution >= 0.6 is 11.8 Å². The molecule has 0 unspecified atom stereocenters. The Morgan fingerprint density at radius 1 is 1.26 bits per heavy atom. The maximum Gasteiger partial charge on any atom is 0.309 e. The number of carbonyl (C=O) groups excluding carboxylic acids is 4. The summed E-state index contributed by atoms with van der Waals surface area (Å²) in [7, 11) is 0. The van der Waals surface area contributed by atoms with Crippen LogP contribution in [-0.4, -0.2) is 53.2 Å². The van der Waals surface area contributed by atoms with Crippen LogP contribution in [0.25, 0.3) is 0 Å². The van der Waals surface area contributed by atoms with Crippen LogP contribution < -0.4 is 10.6 Å². The molecular weight excluding hydrogens is 270 g/mol. The Hall–Kier alpha value is -1.57. The number of thioether (sulfide) groups is 1. The van der Waals surface area contributed by atoms with Crippen molar-refractivity contribution in [3.05, 3.63) is 0 Å². The number of amides is 4. The first kappa shape index (κ1) is 15.5. The van der Waals surface area contributed by atoms with Gasteiger partial charge in [-0.1, -0.05) is 25.6 Å². The van der Waals surface area contributed by atoms with Gasteiger partial charge in [-0.25, -0.2) is 0 Å². The van der Waals surface area contributed by atoms with Gasteiger partial charge >= 0.3 is 11.8 Å². The molecule has 1 aliphatic rings. The van der Waals surface area contributed by atoms with Gasteiger partial charge in [-0.2, -0.15) is 0 Å². The summed E-state index contributed by atoms with van der Waals surface area (Å²) in [5.74, 6) is -1.33. The van der Waals surface area contributed by atoms with Gasteiger partial charge in [-0.05, 0) is 5.92 Å². The lowest BCUT2D eigenvalue weighted by molar-refractivity contribution is -0.139. The first-order valence-electron chi connectivity index (χ1n) is 5.95. The first-order chi connectivity index (χ1) is 8.91. The Morgan fingerprint density at radius 2 is 1.89 bits per heavy atom. The minimum atomic E-state index is -0.757.